The SMILES string of the molecule is Cn1c(=N)n(CC(=O)c2ccc(Cl)cc2)c2cccc(-c3cn[nH]c3)c21. The van der Waals surface area contributed by atoms with Crippen LogP contribution in [0.25, 0.3) is 22.2 Å². The summed E-state index contributed by atoms with van der Waals surface area (Å²) >= 11 is 5.89. The van der Waals surface area contributed by atoms with Gasteiger partial charge >= 0.3 is 0 Å². The third-order valence-corrected chi connectivity index (χ3v) is 4.74. The Bertz CT molecular complexity index is 1150. The van der Waals surface area contributed by atoms with Crippen molar-refractivity contribution < 1.29 is 4.79 Å². The van der Waals surface area contributed by atoms with E-state index >= 15 is 0 Å². The van der Waals surface area contributed by atoms with Gasteiger partial charge in [0.25, 0.3) is 0 Å². The number of H-pyrrole nitrogens is 1. The Morgan fingerprint density at radius 2 is 2.00 bits per heavy atom. The largest absolute Gasteiger partial charge is 0.313 e. The molecular formula is C19H16ClN5O. The lowest BCUT2D eigenvalue weighted by molar-refractivity contribution is 0.0971. The highest BCUT2D eigenvalue weighted by atomic mass is 35.5. The lowest BCUT2D eigenvalue weighted by Crippen LogP contribution is -2.25. The van der Waals surface area contributed by atoms with E-state index in [4.69, 9.17) is 17.0 Å². The summed E-state index contributed by atoms with van der Waals surface area (Å²) < 4.78 is 3.50. The van der Waals surface area contributed by atoms with Gasteiger partial charge in [-0.05, 0) is 30.3 Å². The highest BCUT2D eigenvalue weighted by molar-refractivity contribution is 6.30. The maximum atomic E-state index is 12.7. The third-order valence-electron chi connectivity index (χ3n) is 4.49. The summed E-state index contributed by atoms with van der Waals surface area (Å²) in [6.45, 7) is 0.0899. The zero-order valence-corrected chi connectivity index (χ0v) is 14.8. The molecule has 0 saturated heterocycles. The highest BCUT2D eigenvalue weighted by Crippen LogP contribution is 2.27. The van der Waals surface area contributed by atoms with E-state index in [2.05, 4.69) is 10.2 Å². The first-order valence-corrected chi connectivity index (χ1v) is 8.45. The Kier molecular flexibility index (Phi) is 3.97. The molecule has 2 aromatic carbocycles. The second-order valence-corrected chi connectivity index (χ2v) is 6.50. The van der Waals surface area contributed by atoms with Crippen LogP contribution in [0.15, 0.2) is 54.9 Å². The monoisotopic (exact) mass is 365 g/mol. The van der Waals surface area contributed by atoms with Gasteiger partial charge < -0.3 is 9.13 Å². The van der Waals surface area contributed by atoms with Gasteiger partial charge in [0.15, 0.2) is 5.78 Å². The molecule has 0 bridgehead atoms. The first-order valence-electron chi connectivity index (χ1n) is 8.07. The topological polar surface area (TPSA) is 79.5 Å². The maximum absolute atomic E-state index is 12.7. The molecule has 0 amide bonds. The summed E-state index contributed by atoms with van der Waals surface area (Å²) in [6.07, 6.45) is 3.56. The van der Waals surface area contributed by atoms with E-state index in [9.17, 15) is 4.79 Å². The lowest BCUT2D eigenvalue weighted by Gasteiger charge is -2.05. The summed E-state index contributed by atoms with van der Waals surface area (Å²) in [5, 5.41) is 15.9. The number of aromatic amines is 1. The van der Waals surface area contributed by atoms with Gasteiger partial charge in [0.1, 0.15) is 0 Å². The van der Waals surface area contributed by atoms with Crippen LogP contribution in [0.5, 0.6) is 0 Å². The molecular weight excluding hydrogens is 350 g/mol. The van der Waals surface area contributed by atoms with Crippen molar-refractivity contribution in [2.75, 3.05) is 0 Å². The number of carbonyl (C=O) groups is 1. The van der Waals surface area contributed by atoms with E-state index in [0.29, 0.717) is 10.6 Å². The van der Waals surface area contributed by atoms with Crippen LogP contribution in [-0.2, 0) is 13.6 Å². The molecule has 130 valence electrons. The Morgan fingerprint density at radius 1 is 1.23 bits per heavy atom. The first kappa shape index (κ1) is 16.4. The van der Waals surface area contributed by atoms with E-state index in [-0.39, 0.29) is 17.9 Å². The number of hydrogen-bond donors (Lipinski definition) is 2. The standard InChI is InChI=1S/C19H16ClN5O/c1-24-18-15(13-9-22-23-10-13)3-2-4-16(18)25(19(24)21)11-17(26)12-5-7-14(20)8-6-12/h2-10,21H,11H2,1H3,(H,22,23). The van der Waals surface area contributed by atoms with Gasteiger partial charge in [-0.2, -0.15) is 5.10 Å². The van der Waals surface area contributed by atoms with E-state index in [1.54, 1.807) is 39.6 Å². The predicted molar refractivity (Wildman–Crippen MR) is 100 cm³/mol. The molecule has 0 aliphatic rings. The number of carbonyl (C=O) groups excluding carboxylic acids is 1. The maximum Gasteiger partial charge on any atom is 0.203 e. The molecule has 4 rings (SSSR count). The van der Waals surface area contributed by atoms with E-state index < -0.39 is 0 Å². The molecule has 0 fully saturated rings. The molecule has 6 nitrogen and oxygen atoms in total. The van der Waals surface area contributed by atoms with Crippen LogP contribution in [0.1, 0.15) is 10.4 Å². The number of fused-ring (bicyclic) bond motifs is 1. The van der Waals surface area contributed by atoms with Crippen molar-refractivity contribution in [3.8, 4) is 11.1 Å². The number of hydrogen-bond acceptors (Lipinski definition) is 3. The van der Waals surface area contributed by atoms with Crippen molar-refractivity contribution in [3.05, 3.63) is 71.1 Å². The van der Waals surface area contributed by atoms with Crippen molar-refractivity contribution >= 4 is 28.4 Å². The first-order chi connectivity index (χ1) is 12.6. The Hall–Kier alpha value is -3.12. The molecule has 4 aromatic rings. The lowest BCUT2D eigenvalue weighted by atomic mass is 10.1. The number of nitrogens with zero attached hydrogens (tertiary/aromatic N) is 3. The number of ketones is 1. The summed E-state index contributed by atoms with van der Waals surface area (Å²) in [6, 6.07) is 12.6. The zero-order chi connectivity index (χ0) is 18.3. The minimum absolute atomic E-state index is 0.0682. The number of Topliss-reactive ketones (excluding diaryl/α,β-unsaturated/α-hetero) is 1. The fraction of sp³-hybridized carbons (Fsp3) is 0.105. The normalized spacial score (nSPS) is 11.2. The number of benzene rings is 2. The zero-order valence-electron chi connectivity index (χ0n) is 14.0. The number of para-hydroxylation sites is 1. The van der Waals surface area contributed by atoms with Crippen LogP contribution >= 0.6 is 11.6 Å². The highest BCUT2D eigenvalue weighted by Gasteiger charge is 2.16. The Morgan fingerprint density at radius 3 is 2.69 bits per heavy atom. The van der Waals surface area contributed by atoms with E-state index in [1.807, 2.05) is 31.4 Å². The quantitative estimate of drug-likeness (QED) is 0.544. The molecule has 0 unspecified atom stereocenters. The molecule has 26 heavy (non-hydrogen) atoms. The number of aromatic nitrogens is 4. The second kappa shape index (κ2) is 6.31. The summed E-state index contributed by atoms with van der Waals surface area (Å²) in [4.78, 5) is 12.7. The van der Waals surface area contributed by atoms with Crippen LogP contribution in [0, 0.1) is 5.41 Å². The summed E-state index contributed by atoms with van der Waals surface area (Å²) in [5.74, 6) is -0.0682. The number of imidazole rings is 1. The fourth-order valence-corrected chi connectivity index (χ4v) is 3.29. The number of halogens is 1. The van der Waals surface area contributed by atoms with Crippen molar-refractivity contribution in [1.82, 2.24) is 19.3 Å². The molecule has 0 aliphatic heterocycles. The van der Waals surface area contributed by atoms with Gasteiger partial charge in [0.2, 0.25) is 5.62 Å². The smallest absolute Gasteiger partial charge is 0.203 e. The number of aryl methyl sites for hydroxylation is 1. The molecule has 2 aromatic heterocycles. The van der Waals surface area contributed by atoms with Gasteiger partial charge in [-0.15, -0.1) is 0 Å². The molecule has 2 N–H and O–H groups in total. The van der Waals surface area contributed by atoms with Crippen molar-refractivity contribution in [1.29, 1.82) is 5.41 Å². The number of nitrogens with one attached hydrogen (secondary N) is 2. The van der Waals surface area contributed by atoms with Crippen molar-refractivity contribution in [2.45, 2.75) is 6.54 Å². The molecule has 0 saturated carbocycles. The molecule has 2 heterocycles. The predicted octanol–water partition coefficient (Wildman–Crippen LogP) is 3.39. The van der Waals surface area contributed by atoms with E-state index in [0.717, 1.165) is 22.2 Å². The van der Waals surface area contributed by atoms with Crippen LogP contribution in [0.3, 0.4) is 0 Å². The third kappa shape index (κ3) is 2.64. The average Bonchev–Trinajstić information content (AvgIpc) is 3.26. The van der Waals surface area contributed by atoms with Crippen molar-refractivity contribution in [2.24, 2.45) is 7.05 Å². The molecule has 7 heteroatoms. The van der Waals surface area contributed by atoms with Gasteiger partial charge in [0.05, 0.1) is 23.8 Å². The second-order valence-electron chi connectivity index (χ2n) is 6.06. The molecule has 0 radical (unpaired) electrons. The van der Waals surface area contributed by atoms with Crippen molar-refractivity contribution in [3.63, 3.8) is 0 Å². The van der Waals surface area contributed by atoms with Gasteiger partial charge in [-0.1, -0.05) is 23.7 Å². The molecule has 0 aliphatic carbocycles. The molecule has 0 atom stereocenters. The van der Waals surface area contributed by atoms with Gasteiger partial charge in [0, 0.05) is 35.0 Å². The Labute approximate surface area is 154 Å². The summed E-state index contributed by atoms with van der Waals surface area (Å²) in [5.41, 5.74) is 4.46. The van der Waals surface area contributed by atoms with Crippen LogP contribution in [0.4, 0.5) is 0 Å². The van der Waals surface area contributed by atoms with Gasteiger partial charge in [-0.25, -0.2) is 0 Å². The van der Waals surface area contributed by atoms with E-state index in [1.165, 1.54) is 0 Å². The summed E-state index contributed by atoms with van der Waals surface area (Å²) in [7, 11) is 1.83. The minimum atomic E-state index is -0.0682. The Balaban J connectivity index is 1.82. The fourth-order valence-electron chi connectivity index (χ4n) is 3.16. The average molecular weight is 366 g/mol. The number of rotatable bonds is 4. The molecule has 0 spiro atoms. The van der Waals surface area contributed by atoms with Crippen LogP contribution in [-0.4, -0.2) is 25.1 Å². The minimum Gasteiger partial charge on any atom is -0.313 e. The van der Waals surface area contributed by atoms with Gasteiger partial charge in [-0.3, -0.25) is 15.3 Å². The van der Waals surface area contributed by atoms with Crippen LogP contribution in [0.2, 0.25) is 5.02 Å². The van der Waals surface area contributed by atoms with Crippen LogP contribution < -0.4 is 5.62 Å².